The second kappa shape index (κ2) is 28.1. The molecule has 4 N–H and O–H groups in total. The van der Waals surface area contributed by atoms with Crippen LogP contribution in [0.1, 0.15) is 54.4 Å². The average Bonchev–Trinajstić information content (AvgIpc) is 4.05. The zero-order chi connectivity index (χ0) is 51.0. The van der Waals surface area contributed by atoms with Crippen LogP contribution in [-0.4, -0.2) is 71.6 Å². The molecular weight excluding hydrogens is 1030 g/mol. The fraction of sp³-hybridized carbons (Fsp3) is 0.148. The van der Waals surface area contributed by atoms with Gasteiger partial charge in [-0.25, -0.2) is 37.7 Å². The van der Waals surface area contributed by atoms with Crippen molar-refractivity contribution in [3.05, 3.63) is 186 Å². The Morgan fingerprint density at radius 3 is 1.72 bits per heavy atom. The summed E-state index contributed by atoms with van der Waals surface area (Å²) in [5.41, 5.74) is 9.42. The Balaban J connectivity index is 0.000000235. The molecule has 0 spiro atoms. The van der Waals surface area contributed by atoms with Gasteiger partial charge >= 0.3 is 0 Å². The number of para-hydroxylation sites is 1. The summed E-state index contributed by atoms with van der Waals surface area (Å²) in [6, 6.07) is 36.0. The van der Waals surface area contributed by atoms with Crippen molar-refractivity contribution in [2.75, 3.05) is 16.4 Å². The number of ether oxygens (including phenoxy) is 1. The van der Waals surface area contributed by atoms with Gasteiger partial charge in [0.25, 0.3) is 0 Å². The topological polar surface area (TPSA) is 235 Å². The molecule has 386 valence electrons. The van der Waals surface area contributed by atoms with Crippen LogP contribution in [0.15, 0.2) is 163 Å². The van der Waals surface area contributed by atoms with Crippen LogP contribution in [0, 0.1) is 11.6 Å². The van der Waals surface area contributed by atoms with Gasteiger partial charge in [-0.3, -0.25) is 24.4 Å². The molecule has 21 heteroatoms. The van der Waals surface area contributed by atoms with Gasteiger partial charge in [0.1, 0.15) is 50.2 Å². The van der Waals surface area contributed by atoms with Crippen LogP contribution in [0.25, 0.3) is 34.1 Å². The Labute approximate surface area is 440 Å². The summed E-state index contributed by atoms with van der Waals surface area (Å²) in [7, 11) is 0. The van der Waals surface area contributed by atoms with E-state index in [0.29, 0.717) is 67.8 Å². The number of hydrogen-bond donors (Lipinski definition) is 3. The first kappa shape index (κ1) is 58.3. The average molecular weight is 1080 g/mol. The van der Waals surface area contributed by atoms with Crippen molar-refractivity contribution in [2.45, 2.75) is 55.9 Å². The Bertz CT molecular complexity index is 3470. The van der Waals surface area contributed by atoms with Crippen molar-refractivity contribution >= 4 is 67.4 Å². The van der Waals surface area contributed by atoms with Crippen LogP contribution in [-0.2, 0) is 27.2 Å². The highest BCUT2D eigenvalue weighted by atomic mass is 79.9. The number of fused-ring (bicyclic) bond motifs is 2. The summed E-state index contributed by atoms with van der Waals surface area (Å²) in [5, 5.41) is 14.5. The van der Waals surface area contributed by atoms with E-state index in [9.17, 15) is 23.2 Å². The molecular formula is C54H55BrF2N14O4. The maximum Gasteiger partial charge on any atom is 0.247 e. The summed E-state index contributed by atoms with van der Waals surface area (Å²) in [6.45, 7) is 4.51. The minimum absolute atomic E-state index is 0. The van der Waals surface area contributed by atoms with Crippen LogP contribution < -0.4 is 21.1 Å². The van der Waals surface area contributed by atoms with E-state index in [0.717, 1.165) is 17.9 Å². The van der Waals surface area contributed by atoms with Crippen molar-refractivity contribution in [1.29, 1.82) is 0 Å². The number of Topliss-reactive ketones (excluding diaryl/α,β-unsaturated/α-hetero) is 2. The number of nitrogens with two attached hydrogens (primary N) is 1. The minimum Gasteiger partial charge on any atom is -0.437 e. The van der Waals surface area contributed by atoms with Gasteiger partial charge in [-0.05, 0) is 115 Å². The van der Waals surface area contributed by atoms with Crippen LogP contribution >= 0.6 is 15.9 Å². The highest BCUT2D eigenvalue weighted by molar-refractivity contribution is 9.10. The molecule has 9 heterocycles. The first-order valence-electron chi connectivity index (χ1n) is 21.7. The number of nitrogen functional groups attached to an aromatic ring is 1. The van der Waals surface area contributed by atoms with E-state index in [1.165, 1.54) is 38.4 Å². The van der Waals surface area contributed by atoms with E-state index in [1.54, 1.807) is 52.5 Å². The molecule has 0 saturated heterocycles. The number of pyridine rings is 5. The third kappa shape index (κ3) is 16.9. The Hall–Kier alpha value is -9.24. The van der Waals surface area contributed by atoms with Gasteiger partial charge < -0.3 is 21.1 Å². The molecule has 9 aromatic heterocycles. The number of aromatic nitrogens is 11. The van der Waals surface area contributed by atoms with Gasteiger partial charge in [0.2, 0.25) is 23.4 Å². The number of amides is 1. The van der Waals surface area contributed by atoms with Crippen LogP contribution in [0.3, 0.4) is 0 Å². The van der Waals surface area contributed by atoms with Crippen LogP contribution in [0.5, 0.6) is 11.6 Å². The second-order valence-electron chi connectivity index (χ2n) is 15.3. The number of benzene rings is 1. The molecule has 0 saturated carbocycles. The molecule has 1 aromatic carbocycles. The number of nitrogens with one attached hydrogen (secondary N) is 2. The van der Waals surface area contributed by atoms with E-state index in [-0.39, 0.29) is 64.0 Å². The number of halogens is 3. The van der Waals surface area contributed by atoms with Crippen molar-refractivity contribution in [2.24, 2.45) is 0 Å². The van der Waals surface area contributed by atoms with Gasteiger partial charge in [0, 0.05) is 55.9 Å². The van der Waals surface area contributed by atoms with E-state index >= 15 is 0 Å². The Morgan fingerprint density at radius 2 is 1.17 bits per heavy atom. The quantitative estimate of drug-likeness (QED) is 0.102. The summed E-state index contributed by atoms with van der Waals surface area (Å²) < 4.78 is 36.1. The molecule has 0 aliphatic rings. The normalized spacial score (nSPS) is 10.0. The first-order chi connectivity index (χ1) is 34.8. The molecule has 0 radical (unpaired) electrons. The third-order valence-electron chi connectivity index (χ3n) is 9.49. The molecule has 0 unspecified atom stereocenters. The lowest BCUT2D eigenvalue weighted by Gasteiger charge is -2.10. The molecule has 10 aromatic rings. The predicted octanol–water partition coefficient (Wildman–Crippen LogP) is 11.4. The second-order valence-corrected chi connectivity index (χ2v) is 16.1. The maximum absolute atomic E-state index is 14.0. The predicted molar refractivity (Wildman–Crippen MR) is 290 cm³/mol. The molecule has 0 aliphatic heterocycles. The SMILES string of the molecule is C.C.C.CC(=O)Cc1cccc(-c2nc(Nc3ccncc3F)c3cccn3n2)n1.CC(=O)Cc1cccc(-c2nc(Oc3ccccc3)c3cccn3n2)n1.CC(=O)Nc1cccc(Br)n1.Nc1ccncc1F. The summed E-state index contributed by atoms with van der Waals surface area (Å²) in [6.07, 6.45) is 9.28. The number of carbonyl (C=O) groups is 3. The van der Waals surface area contributed by atoms with Gasteiger partial charge in [-0.1, -0.05) is 58.7 Å². The summed E-state index contributed by atoms with van der Waals surface area (Å²) >= 11 is 3.19. The highest BCUT2D eigenvalue weighted by Crippen LogP contribution is 2.27. The van der Waals surface area contributed by atoms with Crippen molar-refractivity contribution in [1.82, 2.24) is 54.1 Å². The van der Waals surface area contributed by atoms with E-state index < -0.39 is 11.6 Å². The van der Waals surface area contributed by atoms with E-state index in [1.807, 2.05) is 85.1 Å². The Morgan fingerprint density at radius 1 is 0.613 bits per heavy atom. The Kier molecular flexibility index (Phi) is 21.9. The summed E-state index contributed by atoms with van der Waals surface area (Å²) in [4.78, 5) is 62.6. The monoisotopic (exact) mass is 1080 g/mol. The lowest BCUT2D eigenvalue weighted by atomic mass is 10.2. The smallest absolute Gasteiger partial charge is 0.247 e. The number of anilines is 4. The van der Waals surface area contributed by atoms with Crippen molar-refractivity contribution in [3.63, 3.8) is 0 Å². The standard InChI is InChI=1S/C20H16N4O2.C19H15FN6O.C7H7BrN2O.C5H5FN2.3CH4/c1-14(25)13-15-7-5-10-17(21-15)19-22-20(18-11-6-12-24(18)23-19)26-16-8-3-2-4-9-16;1-12(27)10-13-4-2-5-16(22-13)18-24-19(17-6-3-9-26(17)25-18)23-15-7-8-21-11-14(15)20;1-5(11)9-7-4-2-3-6(8)10-7;6-4-3-8-2-1-5(4)7;;;/h2-12H,13H2,1H3;2-9,11H,10H2,1H3,(H,21,23,24,25);2-4H,1H3,(H,9,10,11);1-3H,(H2,7,8);3*1H4. The molecule has 18 nitrogen and oxygen atoms in total. The number of carbonyl (C=O) groups excluding carboxylic acids is 3. The zero-order valence-corrected chi connectivity index (χ0v) is 40.3. The molecule has 10 rings (SSSR count). The lowest BCUT2D eigenvalue weighted by molar-refractivity contribution is -0.117. The van der Waals surface area contributed by atoms with E-state index in [4.69, 9.17) is 10.5 Å². The molecule has 0 bridgehead atoms. The molecule has 0 aliphatic carbocycles. The molecule has 0 atom stereocenters. The number of hydrogen-bond acceptors (Lipinski definition) is 15. The lowest BCUT2D eigenvalue weighted by Crippen LogP contribution is -2.06. The number of ketones is 2. The number of rotatable bonds is 11. The fourth-order valence-corrected chi connectivity index (χ4v) is 6.73. The molecule has 1 amide bonds. The van der Waals surface area contributed by atoms with Gasteiger partial charge in [-0.15, -0.1) is 10.2 Å². The third-order valence-corrected chi connectivity index (χ3v) is 9.93. The van der Waals surface area contributed by atoms with Crippen molar-refractivity contribution in [3.8, 4) is 34.7 Å². The largest absolute Gasteiger partial charge is 0.437 e. The maximum atomic E-state index is 14.0. The molecule has 75 heavy (non-hydrogen) atoms. The highest BCUT2D eigenvalue weighted by Gasteiger charge is 2.15. The summed E-state index contributed by atoms with van der Waals surface area (Å²) in [5.74, 6) is 1.96. The zero-order valence-electron chi connectivity index (χ0n) is 38.7. The van der Waals surface area contributed by atoms with Crippen LogP contribution in [0.2, 0.25) is 0 Å². The fourth-order valence-electron chi connectivity index (χ4n) is 6.39. The van der Waals surface area contributed by atoms with Crippen LogP contribution in [0.4, 0.5) is 31.8 Å². The van der Waals surface area contributed by atoms with Crippen molar-refractivity contribution < 1.29 is 27.9 Å². The van der Waals surface area contributed by atoms with Gasteiger partial charge in [0.05, 0.1) is 23.8 Å². The first-order valence-corrected chi connectivity index (χ1v) is 22.5. The van der Waals surface area contributed by atoms with E-state index in [2.05, 4.69) is 71.6 Å². The molecule has 0 fully saturated rings. The van der Waals surface area contributed by atoms with Gasteiger partial charge in [0.15, 0.2) is 17.5 Å². The number of nitrogens with zero attached hydrogens (tertiary/aromatic N) is 11. The van der Waals surface area contributed by atoms with Gasteiger partial charge in [-0.2, -0.15) is 4.98 Å². The minimum atomic E-state index is -0.482.